The maximum atomic E-state index is 13.8. The summed E-state index contributed by atoms with van der Waals surface area (Å²) in [6.45, 7) is 0. The molecule has 4 rings (SSSR count). The molecule has 1 fully saturated rings. The van der Waals surface area contributed by atoms with Crippen molar-refractivity contribution in [1.82, 2.24) is 9.97 Å². The lowest BCUT2D eigenvalue weighted by Crippen LogP contribution is -2.28. The summed E-state index contributed by atoms with van der Waals surface area (Å²) in [4.78, 5) is 19.3. The summed E-state index contributed by atoms with van der Waals surface area (Å²) in [5.41, 5.74) is 7.01. The van der Waals surface area contributed by atoms with Crippen LogP contribution in [-0.2, 0) is 0 Å². The molecule has 0 radical (unpaired) electrons. The van der Waals surface area contributed by atoms with E-state index in [1.165, 1.54) is 18.3 Å². The van der Waals surface area contributed by atoms with Gasteiger partial charge in [-0.2, -0.15) is 0 Å². The number of pyridine rings is 1. The van der Waals surface area contributed by atoms with Gasteiger partial charge in [0.15, 0.2) is 0 Å². The molecule has 0 saturated heterocycles. The first kappa shape index (κ1) is 15.8. The van der Waals surface area contributed by atoms with Gasteiger partial charge >= 0.3 is 0 Å². The van der Waals surface area contributed by atoms with E-state index < -0.39 is 5.91 Å². The van der Waals surface area contributed by atoms with Crippen LogP contribution in [0.5, 0.6) is 0 Å². The van der Waals surface area contributed by atoms with E-state index in [1.807, 2.05) is 0 Å². The second kappa shape index (κ2) is 6.00. The maximum absolute atomic E-state index is 13.8. The molecule has 2 heterocycles. The van der Waals surface area contributed by atoms with Crippen LogP contribution in [0.4, 0.5) is 10.2 Å². The molecule has 25 heavy (non-hydrogen) atoms. The molecule has 0 bridgehead atoms. The maximum Gasteiger partial charge on any atom is 0.252 e. The van der Waals surface area contributed by atoms with Crippen LogP contribution < -0.4 is 11.1 Å². The van der Waals surface area contributed by atoms with Gasteiger partial charge < -0.3 is 21.1 Å². The molecule has 0 aliphatic heterocycles. The average Bonchev–Trinajstić information content (AvgIpc) is 2.96. The van der Waals surface area contributed by atoms with E-state index in [-0.39, 0.29) is 23.5 Å². The van der Waals surface area contributed by atoms with Gasteiger partial charge in [-0.15, -0.1) is 0 Å². The smallest absolute Gasteiger partial charge is 0.252 e. The van der Waals surface area contributed by atoms with Gasteiger partial charge in [0.2, 0.25) is 0 Å². The van der Waals surface area contributed by atoms with E-state index in [4.69, 9.17) is 5.73 Å². The van der Waals surface area contributed by atoms with Gasteiger partial charge in [-0.1, -0.05) is 0 Å². The summed E-state index contributed by atoms with van der Waals surface area (Å²) in [6, 6.07) is 4.61. The van der Waals surface area contributed by atoms with Crippen molar-refractivity contribution in [2.24, 2.45) is 5.73 Å². The van der Waals surface area contributed by atoms with E-state index in [9.17, 15) is 14.3 Å². The fourth-order valence-corrected chi connectivity index (χ4v) is 3.58. The zero-order valence-corrected chi connectivity index (χ0v) is 13.6. The number of H-pyrrole nitrogens is 1. The van der Waals surface area contributed by atoms with Crippen LogP contribution in [0.15, 0.2) is 24.4 Å². The Bertz CT molecular complexity index is 961. The van der Waals surface area contributed by atoms with Crippen LogP contribution in [0.1, 0.15) is 36.0 Å². The van der Waals surface area contributed by atoms with Crippen molar-refractivity contribution in [3.05, 3.63) is 35.8 Å². The predicted molar refractivity (Wildman–Crippen MR) is 94.0 cm³/mol. The number of aromatic amines is 1. The molecule has 5 N–H and O–H groups in total. The van der Waals surface area contributed by atoms with E-state index in [0.717, 1.165) is 25.7 Å². The molecule has 1 aromatic carbocycles. The highest BCUT2D eigenvalue weighted by atomic mass is 19.1. The molecular formula is C18H19FN4O2. The number of aromatic nitrogens is 2. The number of hydrogen-bond acceptors (Lipinski definition) is 4. The van der Waals surface area contributed by atoms with Crippen molar-refractivity contribution in [2.75, 3.05) is 5.32 Å². The Kier molecular flexibility index (Phi) is 3.80. The Labute approximate surface area is 143 Å². The van der Waals surface area contributed by atoms with Gasteiger partial charge in [0.05, 0.1) is 22.6 Å². The Hall–Kier alpha value is -2.67. The number of nitrogens with two attached hydrogens (primary N) is 1. The first-order valence-electron chi connectivity index (χ1n) is 8.37. The van der Waals surface area contributed by atoms with Crippen molar-refractivity contribution >= 4 is 33.5 Å². The minimum absolute atomic E-state index is 0.178. The Morgan fingerprint density at radius 3 is 2.80 bits per heavy atom. The van der Waals surface area contributed by atoms with Gasteiger partial charge in [-0.05, 0) is 43.9 Å². The highest BCUT2D eigenvalue weighted by Gasteiger charge is 2.22. The van der Waals surface area contributed by atoms with Crippen molar-refractivity contribution < 1.29 is 14.3 Å². The van der Waals surface area contributed by atoms with Gasteiger partial charge in [0.25, 0.3) is 5.91 Å². The number of rotatable bonds is 3. The van der Waals surface area contributed by atoms with E-state index in [1.54, 1.807) is 6.07 Å². The molecule has 0 unspecified atom stereocenters. The molecule has 1 amide bonds. The van der Waals surface area contributed by atoms with E-state index in [0.29, 0.717) is 27.6 Å². The van der Waals surface area contributed by atoms with Crippen LogP contribution in [0.25, 0.3) is 21.8 Å². The van der Waals surface area contributed by atoms with Crippen LogP contribution >= 0.6 is 0 Å². The number of amides is 1. The number of benzene rings is 1. The number of nitrogens with one attached hydrogen (secondary N) is 2. The van der Waals surface area contributed by atoms with Gasteiger partial charge in [0, 0.05) is 23.1 Å². The molecule has 1 aliphatic carbocycles. The van der Waals surface area contributed by atoms with Gasteiger partial charge in [0.1, 0.15) is 11.6 Å². The molecule has 3 aromatic rings. The number of anilines is 1. The van der Waals surface area contributed by atoms with Crippen LogP contribution in [0, 0.1) is 5.82 Å². The molecule has 0 spiro atoms. The largest absolute Gasteiger partial charge is 0.393 e. The molecule has 0 atom stereocenters. The number of nitrogens with zero attached hydrogens (tertiary/aromatic N) is 1. The summed E-state index contributed by atoms with van der Waals surface area (Å²) in [5.74, 6) is -0.347. The third-order valence-corrected chi connectivity index (χ3v) is 4.89. The number of carbonyl (C=O) groups is 1. The monoisotopic (exact) mass is 342 g/mol. The minimum atomic E-state index is -0.586. The molecule has 1 saturated carbocycles. The second-order valence-electron chi connectivity index (χ2n) is 6.60. The number of carbonyl (C=O) groups excluding carboxylic acids is 1. The summed E-state index contributed by atoms with van der Waals surface area (Å²) in [7, 11) is 0. The zero-order chi connectivity index (χ0) is 17.6. The van der Waals surface area contributed by atoms with Crippen LogP contribution in [0.3, 0.4) is 0 Å². The third kappa shape index (κ3) is 2.80. The molecule has 2 aromatic heterocycles. The van der Waals surface area contributed by atoms with Crippen molar-refractivity contribution in [3.63, 3.8) is 0 Å². The third-order valence-electron chi connectivity index (χ3n) is 4.89. The summed E-state index contributed by atoms with van der Waals surface area (Å²) in [5, 5.41) is 14.4. The van der Waals surface area contributed by atoms with Crippen molar-refractivity contribution in [1.29, 1.82) is 0 Å². The fraction of sp³-hybridized carbons (Fsp3) is 0.333. The van der Waals surface area contributed by atoms with E-state index in [2.05, 4.69) is 15.3 Å². The standard InChI is InChI=1S/C18H19FN4O2/c19-9-1-6-14-12(7-9)15-16(23-14)13(17(20)25)8-21-18(15)22-10-2-4-11(24)5-3-10/h1,6-8,10-11,23-24H,2-5H2,(H2,20,25)(H,21,22). The molecule has 6 nitrogen and oxygen atoms in total. The normalized spacial score (nSPS) is 20.9. The molecule has 1 aliphatic rings. The summed E-state index contributed by atoms with van der Waals surface area (Å²) in [6.07, 6.45) is 4.34. The van der Waals surface area contributed by atoms with Crippen LogP contribution in [-0.4, -0.2) is 33.1 Å². The van der Waals surface area contributed by atoms with Crippen LogP contribution in [0.2, 0.25) is 0 Å². The lowest BCUT2D eigenvalue weighted by molar-refractivity contribution is 0.100. The summed E-state index contributed by atoms with van der Waals surface area (Å²) < 4.78 is 13.8. The predicted octanol–water partition coefficient (Wildman–Crippen LogP) is 2.67. The van der Waals surface area contributed by atoms with Gasteiger partial charge in [-0.3, -0.25) is 4.79 Å². The van der Waals surface area contributed by atoms with Gasteiger partial charge in [-0.25, -0.2) is 9.37 Å². The Balaban J connectivity index is 1.86. The quantitative estimate of drug-likeness (QED) is 0.587. The Morgan fingerprint density at radius 2 is 2.08 bits per heavy atom. The SMILES string of the molecule is NC(=O)c1cnc(NC2CCC(O)CC2)c2c1[nH]c1ccc(F)cc12. The average molecular weight is 342 g/mol. The minimum Gasteiger partial charge on any atom is -0.393 e. The van der Waals surface area contributed by atoms with E-state index >= 15 is 0 Å². The van der Waals surface area contributed by atoms with Crippen molar-refractivity contribution in [2.45, 2.75) is 37.8 Å². The lowest BCUT2D eigenvalue weighted by atomic mass is 9.93. The number of primary amides is 1. The first-order valence-corrected chi connectivity index (χ1v) is 8.37. The molecular weight excluding hydrogens is 323 g/mol. The second-order valence-corrected chi connectivity index (χ2v) is 6.60. The Morgan fingerprint density at radius 1 is 1.32 bits per heavy atom. The molecule has 7 heteroatoms. The number of hydrogen-bond donors (Lipinski definition) is 4. The zero-order valence-electron chi connectivity index (χ0n) is 13.6. The number of fused-ring (bicyclic) bond motifs is 3. The summed E-state index contributed by atoms with van der Waals surface area (Å²) >= 11 is 0. The first-order chi connectivity index (χ1) is 12.0. The molecule has 130 valence electrons. The fourth-order valence-electron chi connectivity index (χ4n) is 3.58. The topological polar surface area (TPSA) is 104 Å². The highest BCUT2D eigenvalue weighted by molar-refractivity contribution is 6.18. The lowest BCUT2D eigenvalue weighted by Gasteiger charge is -2.27. The van der Waals surface area contributed by atoms with Crippen molar-refractivity contribution in [3.8, 4) is 0 Å². The highest BCUT2D eigenvalue weighted by Crippen LogP contribution is 2.34. The number of aliphatic hydroxyl groups is 1. The number of aliphatic hydroxyl groups excluding tert-OH is 1. The number of halogens is 1.